The molecule has 2 aliphatic carbocycles. The van der Waals surface area contributed by atoms with Crippen LogP contribution >= 0.6 is 0 Å². The second kappa shape index (κ2) is 15.3. The highest BCUT2D eigenvalue weighted by molar-refractivity contribution is 5.96. The fourth-order valence-electron chi connectivity index (χ4n) is 6.26. The molecule has 2 saturated carbocycles. The summed E-state index contributed by atoms with van der Waals surface area (Å²) in [6, 6.07) is 0. The summed E-state index contributed by atoms with van der Waals surface area (Å²) in [6.07, 6.45) is 28.6. The van der Waals surface area contributed by atoms with Crippen LogP contribution in [0.4, 0.5) is 0 Å². The van der Waals surface area contributed by atoms with Crippen LogP contribution in [0.15, 0.2) is 107 Å². The Balaban J connectivity index is 1.87. The van der Waals surface area contributed by atoms with Crippen LogP contribution in [0.3, 0.4) is 0 Å². The first-order valence-electron chi connectivity index (χ1n) is 15.9. The van der Waals surface area contributed by atoms with Crippen LogP contribution in [0.25, 0.3) is 0 Å². The summed E-state index contributed by atoms with van der Waals surface area (Å²) < 4.78 is 0. The number of allylic oxidation sites excluding steroid dienone is 18. The quantitative estimate of drug-likeness (QED) is 0.173. The van der Waals surface area contributed by atoms with Gasteiger partial charge in [-0.25, -0.2) is 0 Å². The highest BCUT2D eigenvalue weighted by atomic mass is 16.3. The van der Waals surface area contributed by atoms with Crippen LogP contribution < -0.4 is 0 Å². The standard InChI is InChI=1S/C40H56O4/c1-29(17-13-19-31(3)21-23-35(43)39(9)27-33(41)25-37(39,5)6)15-11-12-16-30(2)18-14-20-32(4)22-24-36(44)40(10)28-34(42)26-38(40,7)8/h11-24,33-34,41-42H,25-28H2,1-10H3/b12-11+,17-13+,18-14+,23-21+,24-22+,29-15+,30-16+,31-19+,32-20+. The highest BCUT2D eigenvalue weighted by Crippen LogP contribution is 2.54. The Morgan fingerprint density at radius 1 is 0.477 bits per heavy atom. The van der Waals surface area contributed by atoms with E-state index in [4.69, 9.17) is 0 Å². The zero-order valence-corrected chi connectivity index (χ0v) is 28.8. The van der Waals surface area contributed by atoms with Gasteiger partial charge in [0.15, 0.2) is 11.6 Å². The minimum absolute atomic E-state index is 0.0742. The number of carbonyl (C=O) groups is 2. The van der Waals surface area contributed by atoms with Crippen LogP contribution in [0.1, 0.15) is 94.9 Å². The third-order valence-electron chi connectivity index (χ3n) is 10.1. The Morgan fingerprint density at radius 2 is 0.773 bits per heavy atom. The molecule has 4 nitrogen and oxygen atoms in total. The molecular weight excluding hydrogens is 544 g/mol. The van der Waals surface area contributed by atoms with Crippen molar-refractivity contribution in [3.8, 4) is 0 Å². The maximum absolute atomic E-state index is 12.9. The molecular formula is C40H56O4. The van der Waals surface area contributed by atoms with E-state index >= 15 is 0 Å². The van der Waals surface area contributed by atoms with E-state index in [-0.39, 0.29) is 22.4 Å². The zero-order valence-electron chi connectivity index (χ0n) is 28.8. The molecule has 0 saturated heterocycles. The van der Waals surface area contributed by atoms with Gasteiger partial charge in [-0.15, -0.1) is 0 Å². The molecule has 4 unspecified atom stereocenters. The van der Waals surface area contributed by atoms with E-state index in [1.165, 1.54) is 0 Å². The van der Waals surface area contributed by atoms with Gasteiger partial charge in [-0.05, 0) is 76.4 Å². The molecule has 0 bridgehead atoms. The van der Waals surface area contributed by atoms with Crippen LogP contribution in [-0.4, -0.2) is 34.0 Å². The van der Waals surface area contributed by atoms with E-state index < -0.39 is 23.0 Å². The third kappa shape index (κ3) is 9.71. The predicted molar refractivity (Wildman–Crippen MR) is 185 cm³/mol. The van der Waals surface area contributed by atoms with E-state index in [1.54, 1.807) is 12.2 Å². The molecule has 2 fully saturated rings. The lowest BCUT2D eigenvalue weighted by Crippen LogP contribution is -2.36. The number of ketones is 2. The van der Waals surface area contributed by atoms with Crippen molar-refractivity contribution in [3.63, 3.8) is 0 Å². The summed E-state index contributed by atoms with van der Waals surface area (Å²) in [5, 5.41) is 20.2. The summed E-state index contributed by atoms with van der Waals surface area (Å²) in [4.78, 5) is 25.9. The van der Waals surface area contributed by atoms with Gasteiger partial charge in [-0.1, -0.05) is 137 Å². The molecule has 4 atom stereocenters. The van der Waals surface area contributed by atoms with Gasteiger partial charge in [0, 0.05) is 10.8 Å². The molecule has 0 aliphatic heterocycles. The SMILES string of the molecule is CC(/C=C/C=C(C)/C=C/C(=O)C1(C)CC(O)CC1(C)C)=C\C=C\C=C(C)\C=C\C=C(C)\C=C\C(=O)C1(C)CC(O)CC1(C)C. The van der Waals surface area contributed by atoms with Crippen molar-refractivity contribution < 1.29 is 19.8 Å². The van der Waals surface area contributed by atoms with Crippen molar-refractivity contribution >= 4 is 11.6 Å². The van der Waals surface area contributed by atoms with E-state index in [9.17, 15) is 19.8 Å². The van der Waals surface area contributed by atoms with Gasteiger partial charge in [-0.3, -0.25) is 9.59 Å². The van der Waals surface area contributed by atoms with Crippen molar-refractivity contribution in [2.45, 2.75) is 107 Å². The zero-order chi connectivity index (χ0) is 33.3. The Labute approximate surface area is 267 Å². The lowest BCUT2D eigenvalue weighted by molar-refractivity contribution is -0.128. The molecule has 0 aromatic heterocycles. The van der Waals surface area contributed by atoms with Gasteiger partial charge in [0.2, 0.25) is 0 Å². The van der Waals surface area contributed by atoms with Gasteiger partial charge in [0.25, 0.3) is 0 Å². The average molecular weight is 601 g/mol. The van der Waals surface area contributed by atoms with Gasteiger partial charge in [-0.2, -0.15) is 0 Å². The molecule has 0 aromatic carbocycles. The van der Waals surface area contributed by atoms with Gasteiger partial charge in [0.1, 0.15) is 0 Å². The Hall–Kier alpha value is -3.08. The molecule has 240 valence electrons. The predicted octanol–water partition coefficient (Wildman–Crippen LogP) is 9.07. The van der Waals surface area contributed by atoms with Crippen LogP contribution in [-0.2, 0) is 9.59 Å². The lowest BCUT2D eigenvalue weighted by Gasteiger charge is -2.35. The van der Waals surface area contributed by atoms with Crippen LogP contribution in [0.2, 0.25) is 0 Å². The maximum atomic E-state index is 12.9. The summed E-state index contributed by atoms with van der Waals surface area (Å²) in [5.41, 5.74) is 2.65. The normalized spacial score (nSPS) is 30.3. The fourth-order valence-corrected chi connectivity index (χ4v) is 6.26. The molecule has 0 spiro atoms. The summed E-state index contributed by atoms with van der Waals surface area (Å²) in [6.45, 7) is 20.2. The molecule has 0 aromatic rings. The number of hydrogen-bond acceptors (Lipinski definition) is 4. The van der Waals surface area contributed by atoms with Gasteiger partial charge < -0.3 is 10.2 Å². The summed E-state index contributed by atoms with van der Waals surface area (Å²) in [5.74, 6) is 0.148. The smallest absolute Gasteiger partial charge is 0.162 e. The first kappa shape index (κ1) is 37.1. The summed E-state index contributed by atoms with van der Waals surface area (Å²) >= 11 is 0. The number of hydrogen-bond donors (Lipinski definition) is 2. The summed E-state index contributed by atoms with van der Waals surface area (Å²) in [7, 11) is 0. The Bertz CT molecular complexity index is 1230. The van der Waals surface area contributed by atoms with Crippen molar-refractivity contribution in [1.82, 2.24) is 0 Å². The van der Waals surface area contributed by atoms with Crippen molar-refractivity contribution in [3.05, 3.63) is 107 Å². The molecule has 2 N–H and O–H groups in total. The number of aliphatic hydroxyl groups is 2. The molecule has 0 amide bonds. The average Bonchev–Trinajstić information content (AvgIpc) is 3.27. The second-order valence-corrected chi connectivity index (χ2v) is 14.7. The number of rotatable bonds is 12. The van der Waals surface area contributed by atoms with Gasteiger partial charge >= 0.3 is 0 Å². The molecule has 0 radical (unpaired) electrons. The van der Waals surface area contributed by atoms with Crippen LogP contribution in [0.5, 0.6) is 0 Å². The van der Waals surface area contributed by atoms with E-state index in [0.29, 0.717) is 25.7 Å². The molecule has 2 aliphatic rings. The lowest BCUT2D eigenvalue weighted by atomic mass is 9.66. The fraction of sp³-hybridized carbons (Fsp3) is 0.500. The van der Waals surface area contributed by atoms with E-state index in [2.05, 4.69) is 27.7 Å². The minimum Gasteiger partial charge on any atom is -0.393 e. The minimum atomic E-state index is -0.542. The van der Waals surface area contributed by atoms with Crippen molar-refractivity contribution in [1.29, 1.82) is 0 Å². The van der Waals surface area contributed by atoms with Crippen molar-refractivity contribution in [2.75, 3.05) is 0 Å². The first-order chi connectivity index (χ1) is 20.3. The number of aliphatic hydroxyl groups excluding tert-OH is 2. The van der Waals surface area contributed by atoms with E-state index in [1.807, 2.05) is 114 Å². The molecule has 2 rings (SSSR count). The topological polar surface area (TPSA) is 74.6 Å². The Kier molecular flexibility index (Phi) is 12.9. The molecule has 44 heavy (non-hydrogen) atoms. The molecule has 4 heteroatoms. The van der Waals surface area contributed by atoms with E-state index in [0.717, 1.165) is 22.3 Å². The molecule has 0 heterocycles. The largest absolute Gasteiger partial charge is 0.393 e. The third-order valence-corrected chi connectivity index (χ3v) is 10.1. The second-order valence-electron chi connectivity index (χ2n) is 14.7. The van der Waals surface area contributed by atoms with Crippen molar-refractivity contribution in [2.24, 2.45) is 21.7 Å². The highest BCUT2D eigenvalue weighted by Gasteiger charge is 2.53. The first-order valence-corrected chi connectivity index (χ1v) is 15.9. The van der Waals surface area contributed by atoms with Crippen LogP contribution in [0, 0.1) is 21.7 Å². The monoisotopic (exact) mass is 600 g/mol. The maximum Gasteiger partial charge on any atom is 0.162 e. The number of carbonyl (C=O) groups excluding carboxylic acids is 2. The van der Waals surface area contributed by atoms with Gasteiger partial charge in [0.05, 0.1) is 12.2 Å². The Morgan fingerprint density at radius 3 is 1.07 bits per heavy atom.